The molecule has 1 aromatic heterocycles. The summed E-state index contributed by atoms with van der Waals surface area (Å²) in [4.78, 5) is 22.1. The Morgan fingerprint density at radius 3 is 2.74 bits per heavy atom. The lowest BCUT2D eigenvalue weighted by molar-refractivity contribution is -0.122. The van der Waals surface area contributed by atoms with Crippen molar-refractivity contribution in [1.29, 1.82) is 0 Å². The Bertz CT molecular complexity index is 1220. The van der Waals surface area contributed by atoms with Crippen molar-refractivity contribution in [2.45, 2.75) is 6.92 Å². The first-order valence-corrected chi connectivity index (χ1v) is 11.6. The molecule has 1 amide bonds. The van der Waals surface area contributed by atoms with E-state index in [-0.39, 0.29) is 5.91 Å². The number of fused-ring (bicyclic) bond motifs is 3. The summed E-state index contributed by atoms with van der Waals surface area (Å²) in [5, 5.41) is 4.54. The molecule has 0 aliphatic carbocycles. The van der Waals surface area contributed by atoms with Gasteiger partial charge in [-0.2, -0.15) is 0 Å². The zero-order chi connectivity index (χ0) is 20.9. The van der Waals surface area contributed by atoms with Crippen LogP contribution in [-0.2, 0) is 4.79 Å². The Labute approximate surface area is 185 Å². The van der Waals surface area contributed by atoms with Crippen molar-refractivity contribution in [3.8, 4) is 0 Å². The fraction of sp³-hybridized carbons (Fsp3) is 0.280. The van der Waals surface area contributed by atoms with Crippen LogP contribution < -0.4 is 5.32 Å². The third kappa shape index (κ3) is 3.36. The molecule has 156 valence electrons. The van der Waals surface area contributed by atoms with Gasteiger partial charge in [0.25, 0.3) is 5.91 Å². The van der Waals surface area contributed by atoms with Crippen molar-refractivity contribution in [3.63, 3.8) is 0 Å². The van der Waals surface area contributed by atoms with Gasteiger partial charge in [-0.15, -0.1) is 11.3 Å². The van der Waals surface area contributed by atoms with Crippen LogP contribution in [0.5, 0.6) is 0 Å². The number of nitrogens with zero attached hydrogens (tertiary/aromatic N) is 3. The molecule has 2 saturated heterocycles. The minimum Gasteiger partial charge on any atom is -0.370 e. The van der Waals surface area contributed by atoms with Crippen molar-refractivity contribution >= 4 is 33.0 Å². The van der Waals surface area contributed by atoms with Crippen LogP contribution in [0.15, 0.2) is 72.2 Å². The molecule has 31 heavy (non-hydrogen) atoms. The summed E-state index contributed by atoms with van der Waals surface area (Å²) in [6, 6.07) is 6.24. The van der Waals surface area contributed by atoms with E-state index in [0.717, 1.165) is 59.2 Å². The number of carbonyl (C=O) groups excluding carboxylic acids is 1. The van der Waals surface area contributed by atoms with Gasteiger partial charge in [0, 0.05) is 44.2 Å². The predicted molar refractivity (Wildman–Crippen MR) is 125 cm³/mol. The number of aromatic nitrogens is 1. The third-order valence-corrected chi connectivity index (χ3v) is 7.56. The summed E-state index contributed by atoms with van der Waals surface area (Å²) in [6.07, 6.45) is 14.0. The average molecular weight is 429 g/mol. The number of nitrogens with one attached hydrogen (secondary N) is 1. The minimum absolute atomic E-state index is 0.0249. The second-order valence-corrected chi connectivity index (χ2v) is 9.88. The van der Waals surface area contributed by atoms with E-state index in [9.17, 15) is 4.79 Å². The number of thiazole rings is 1. The van der Waals surface area contributed by atoms with Crippen LogP contribution in [0, 0.1) is 18.8 Å². The summed E-state index contributed by atoms with van der Waals surface area (Å²) in [7, 11) is 0. The van der Waals surface area contributed by atoms with E-state index in [2.05, 4.69) is 39.5 Å². The molecule has 0 saturated carbocycles. The van der Waals surface area contributed by atoms with E-state index in [4.69, 9.17) is 0 Å². The van der Waals surface area contributed by atoms with Crippen LogP contribution in [0.3, 0.4) is 0 Å². The van der Waals surface area contributed by atoms with Gasteiger partial charge in [0.2, 0.25) is 0 Å². The van der Waals surface area contributed by atoms with Crippen LogP contribution >= 0.6 is 11.3 Å². The highest BCUT2D eigenvalue weighted by atomic mass is 32.1. The van der Waals surface area contributed by atoms with Crippen LogP contribution in [0.2, 0.25) is 0 Å². The van der Waals surface area contributed by atoms with Gasteiger partial charge < -0.3 is 10.2 Å². The molecular formula is C25H24N4OS. The Hall–Kier alpha value is -2.96. The summed E-state index contributed by atoms with van der Waals surface area (Å²) in [5.41, 5.74) is 4.91. The summed E-state index contributed by atoms with van der Waals surface area (Å²) < 4.78 is 1.17. The van der Waals surface area contributed by atoms with E-state index in [1.807, 2.05) is 37.4 Å². The predicted octanol–water partition coefficient (Wildman–Crippen LogP) is 3.83. The van der Waals surface area contributed by atoms with Crippen LogP contribution in [0.1, 0.15) is 10.6 Å². The van der Waals surface area contributed by atoms with Gasteiger partial charge in [0.1, 0.15) is 0 Å². The van der Waals surface area contributed by atoms with Gasteiger partial charge in [-0.05, 0) is 60.3 Å². The lowest BCUT2D eigenvalue weighted by Crippen LogP contribution is -2.31. The second kappa shape index (κ2) is 7.32. The number of rotatable bonds is 2. The molecule has 5 nitrogen and oxygen atoms in total. The lowest BCUT2D eigenvalue weighted by Gasteiger charge is -2.29. The number of amides is 1. The Balaban J connectivity index is 1.31. The number of benzene rings is 1. The molecule has 0 unspecified atom stereocenters. The van der Waals surface area contributed by atoms with Gasteiger partial charge in [0.05, 0.1) is 20.9 Å². The fourth-order valence-electron chi connectivity index (χ4n) is 4.98. The molecule has 0 bridgehead atoms. The Morgan fingerprint density at radius 2 is 1.90 bits per heavy atom. The summed E-state index contributed by atoms with van der Waals surface area (Å²) >= 11 is 1.69. The zero-order valence-electron chi connectivity index (χ0n) is 17.4. The number of allylic oxidation sites excluding steroid dienone is 6. The van der Waals surface area contributed by atoms with Gasteiger partial charge >= 0.3 is 0 Å². The van der Waals surface area contributed by atoms with Crippen LogP contribution in [0.4, 0.5) is 0 Å². The number of aryl methyl sites for hydroxylation is 1. The molecular weight excluding hydrogens is 404 g/mol. The minimum atomic E-state index is -0.0249. The fourth-order valence-corrected chi connectivity index (χ4v) is 5.79. The lowest BCUT2D eigenvalue weighted by atomic mass is 10.0. The zero-order valence-corrected chi connectivity index (χ0v) is 18.2. The molecule has 2 fully saturated rings. The number of hydrogen-bond acceptors (Lipinski definition) is 5. The molecule has 6 rings (SSSR count). The van der Waals surface area contributed by atoms with E-state index >= 15 is 0 Å². The molecule has 4 aliphatic heterocycles. The molecule has 2 aromatic rings. The largest absolute Gasteiger partial charge is 0.370 e. The van der Waals surface area contributed by atoms with E-state index in [1.54, 1.807) is 22.3 Å². The van der Waals surface area contributed by atoms with Gasteiger partial charge in [-0.3, -0.25) is 9.69 Å². The third-order valence-electron chi connectivity index (χ3n) is 6.61. The van der Waals surface area contributed by atoms with Gasteiger partial charge in [0.15, 0.2) is 0 Å². The van der Waals surface area contributed by atoms with Crippen molar-refractivity contribution in [3.05, 3.63) is 82.8 Å². The SMILES string of the molecule is Cc1nc2cc(C3=CC(=O)N4C=C(N5C[C@H]6CNC[C@H]6C5)C=C/C4=C\C=C3)ccc2s1. The normalized spacial score (nSPS) is 26.9. The first kappa shape index (κ1) is 18.8. The highest BCUT2D eigenvalue weighted by molar-refractivity contribution is 7.18. The first-order chi connectivity index (χ1) is 15.1. The highest BCUT2D eigenvalue weighted by Gasteiger charge is 2.37. The second-order valence-electron chi connectivity index (χ2n) is 8.64. The maximum Gasteiger partial charge on any atom is 0.255 e. The highest BCUT2D eigenvalue weighted by Crippen LogP contribution is 2.32. The maximum atomic E-state index is 13.3. The Kier molecular flexibility index (Phi) is 4.44. The molecule has 1 aromatic carbocycles. The molecule has 0 radical (unpaired) electrons. The first-order valence-electron chi connectivity index (χ1n) is 10.8. The smallest absolute Gasteiger partial charge is 0.255 e. The van der Waals surface area contributed by atoms with E-state index < -0.39 is 0 Å². The summed E-state index contributed by atoms with van der Waals surface area (Å²) in [5.74, 6) is 1.41. The van der Waals surface area contributed by atoms with Crippen molar-refractivity contribution < 1.29 is 4.79 Å². The summed E-state index contributed by atoms with van der Waals surface area (Å²) in [6.45, 7) is 6.34. The molecule has 4 aliphatic rings. The van der Waals surface area contributed by atoms with E-state index in [1.165, 1.54) is 4.70 Å². The number of hydrogen-bond donors (Lipinski definition) is 1. The van der Waals surface area contributed by atoms with E-state index in [0.29, 0.717) is 11.8 Å². The van der Waals surface area contributed by atoms with Crippen molar-refractivity contribution in [1.82, 2.24) is 20.1 Å². The molecule has 5 heterocycles. The Morgan fingerprint density at radius 1 is 1.10 bits per heavy atom. The maximum absolute atomic E-state index is 13.3. The number of carbonyl (C=O) groups is 1. The molecule has 2 atom stereocenters. The molecule has 6 heteroatoms. The topological polar surface area (TPSA) is 48.5 Å². The average Bonchev–Trinajstić information content (AvgIpc) is 3.44. The van der Waals surface area contributed by atoms with Crippen molar-refractivity contribution in [2.75, 3.05) is 26.2 Å². The monoisotopic (exact) mass is 428 g/mol. The van der Waals surface area contributed by atoms with Crippen LogP contribution in [0.25, 0.3) is 15.8 Å². The van der Waals surface area contributed by atoms with Crippen LogP contribution in [-0.4, -0.2) is 46.9 Å². The quantitative estimate of drug-likeness (QED) is 0.790. The van der Waals surface area contributed by atoms with Crippen molar-refractivity contribution in [2.24, 2.45) is 11.8 Å². The van der Waals surface area contributed by atoms with Gasteiger partial charge in [-0.25, -0.2) is 4.98 Å². The molecule has 0 spiro atoms. The standard InChI is InChI=1S/C25H24N4OS/c1-16-27-23-9-18(5-8-24(23)31-16)17-3-2-4-21-6-7-22(15-29(21)25(30)10-17)28-13-19-11-26-12-20(19)14-28/h2-10,15,19-20,26H,11-14H2,1H3/b3-2?,17-10?,21-4+/t19-,20+. The van der Waals surface area contributed by atoms with Gasteiger partial charge in [-0.1, -0.05) is 18.2 Å². The molecule has 1 N–H and O–H groups in total. The number of likely N-dealkylation sites (tertiary alicyclic amines) is 1.